The molecule has 108 valence electrons. The van der Waals surface area contributed by atoms with Crippen molar-refractivity contribution in [3.8, 4) is 0 Å². The van der Waals surface area contributed by atoms with Gasteiger partial charge in [-0.05, 0) is 25.5 Å². The van der Waals surface area contributed by atoms with Gasteiger partial charge in [-0.3, -0.25) is 0 Å². The molecule has 1 aromatic heterocycles. The van der Waals surface area contributed by atoms with Gasteiger partial charge >= 0.3 is 0 Å². The minimum absolute atomic E-state index is 0.0425. The molecule has 1 heterocycles. The summed E-state index contributed by atoms with van der Waals surface area (Å²) in [5.41, 5.74) is 0.397. The van der Waals surface area contributed by atoms with Crippen LogP contribution in [-0.2, 0) is 10.0 Å². The maximum Gasteiger partial charge on any atom is 0.244 e. The third kappa shape index (κ3) is 2.86. The molecule has 2 rings (SSSR count). The Hall–Kier alpha value is -1.80. The number of hydrogen-bond acceptors (Lipinski definition) is 4. The highest BCUT2D eigenvalue weighted by atomic mass is 32.2. The van der Waals surface area contributed by atoms with E-state index in [4.69, 9.17) is 0 Å². The Morgan fingerprint density at radius 1 is 1.30 bits per heavy atom. The van der Waals surface area contributed by atoms with E-state index in [9.17, 15) is 17.2 Å². The number of aryl methyl sites for hydroxylation is 1. The van der Waals surface area contributed by atoms with E-state index in [0.717, 1.165) is 6.07 Å². The topological polar surface area (TPSA) is 72.2 Å². The highest BCUT2D eigenvalue weighted by Gasteiger charge is 2.24. The maximum absolute atomic E-state index is 13.6. The Bertz CT molecular complexity index is 715. The number of halogens is 2. The number of aromatic nitrogens is 1. The summed E-state index contributed by atoms with van der Waals surface area (Å²) < 4.78 is 57.8. The van der Waals surface area contributed by atoms with Crippen molar-refractivity contribution in [2.75, 3.05) is 0 Å². The van der Waals surface area contributed by atoms with Crippen molar-refractivity contribution in [2.45, 2.75) is 24.8 Å². The van der Waals surface area contributed by atoms with Gasteiger partial charge in [0.25, 0.3) is 0 Å². The Kier molecular flexibility index (Phi) is 3.87. The minimum atomic E-state index is -4.13. The summed E-state index contributed by atoms with van der Waals surface area (Å²) in [5.74, 6) is -1.95. The summed E-state index contributed by atoms with van der Waals surface area (Å²) in [6.07, 6.45) is 1.29. The highest BCUT2D eigenvalue weighted by Crippen LogP contribution is 2.21. The van der Waals surface area contributed by atoms with Gasteiger partial charge in [-0.1, -0.05) is 5.16 Å². The van der Waals surface area contributed by atoms with Crippen molar-refractivity contribution < 1.29 is 21.7 Å². The summed E-state index contributed by atoms with van der Waals surface area (Å²) in [6, 6.07) is 2.27. The van der Waals surface area contributed by atoms with Crippen LogP contribution in [0.5, 0.6) is 0 Å². The Morgan fingerprint density at radius 2 is 2.00 bits per heavy atom. The van der Waals surface area contributed by atoms with E-state index in [0.29, 0.717) is 11.8 Å². The van der Waals surface area contributed by atoms with Gasteiger partial charge in [-0.25, -0.2) is 21.9 Å². The van der Waals surface area contributed by atoms with Crippen molar-refractivity contribution in [1.82, 2.24) is 9.88 Å². The number of sulfonamides is 1. The fraction of sp³-hybridized carbons (Fsp3) is 0.250. The molecule has 1 atom stereocenters. The van der Waals surface area contributed by atoms with Crippen LogP contribution in [0.1, 0.15) is 24.2 Å². The lowest BCUT2D eigenvalue weighted by Gasteiger charge is -2.13. The molecule has 5 nitrogen and oxygen atoms in total. The van der Waals surface area contributed by atoms with E-state index in [-0.39, 0.29) is 5.56 Å². The molecule has 0 unspecified atom stereocenters. The average Bonchev–Trinajstić information content (AvgIpc) is 2.86. The molecule has 0 spiro atoms. The summed E-state index contributed by atoms with van der Waals surface area (Å²) >= 11 is 0. The Morgan fingerprint density at radius 3 is 2.60 bits per heavy atom. The molecular formula is C12H12F2N2O3S. The molecule has 0 aliphatic rings. The maximum atomic E-state index is 13.6. The molecule has 0 aliphatic carbocycles. The van der Waals surface area contributed by atoms with Crippen LogP contribution in [0.3, 0.4) is 0 Å². The van der Waals surface area contributed by atoms with Crippen molar-refractivity contribution in [2.24, 2.45) is 0 Å². The van der Waals surface area contributed by atoms with Gasteiger partial charge in [0.15, 0.2) is 0 Å². The fourth-order valence-corrected chi connectivity index (χ4v) is 3.00. The van der Waals surface area contributed by atoms with E-state index < -0.39 is 32.6 Å². The second-order valence-corrected chi connectivity index (χ2v) is 5.98. The van der Waals surface area contributed by atoms with Gasteiger partial charge in [-0.15, -0.1) is 0 Å². The van der Waals surface area contributed by atoms with E-state index in [1.807, 2.05) is 0 Å². The van der Waals surface area contributed by atoms with Gasteiger partial charge < -0.3 is 4.52 Å². The summed E-state index contributed by atoms with van der Waals surface area (Å²) in [5, 5.41) is 3.59. The van der Waals surface area contributed by atoms with Crippen LogP contribution in [0.15, 0.2) is 33.9 Å². The van der Waals surface area contributed by atoms with Crippen LogP contribution in [0.2, 0.25) is 0 Å². The first kappa shape index (κ1) is 14.6. The smallest absolute Gasteiger partial charge is 0.244 e. The Balaban J connectivity index is 2.34. The zero-order valence-electron chi connectivity index (χ0n) is 10.7. The molecule has 0 saturated heterocycles. The first-order valence-electron chi connectivity index (χ1n) is 5.69. The highest BCUT2D eigenvalue weighted by molar-refractivity contribution is 7.89. The Labute approximate surface area is 114 Å². The van der Waals surface area contributed by atoms with Gasteiger partial charge in [0.2, 0.25) is 10.0 Å². The predicted molar refractivity (Wildman–Crippen MR) is 66.3 cm³/mol. The fourth-order valence-electron chi connectivity index (χ4n) is 1.64. The summed E-state index contributed by atoms with van der Waals surface area (Å²) in [4.78, 5) is -0.605. The standard InChI is InChI=1S/C12H12F2N2O3S/c1-7-5-12(10(14)6-9(7)13)20(17,18)16-8(2)11-3-4-19-15-11/h3-6,8,16H,1-2H3/t8-/m0/s1. The zero-order chi connectivity index (χ0) is 14.9. The molecule has 0 radical (unpaired) electrons. The number of nitrogens with one attached hydrogen (secondary N) is 1. The largest absolute Gasteiger partial charge is 0.364 e. The number of hydrogen-bond donors (Lipinski definition) is 1. The summed E-state index contributed by atoms with van der Waals surface area (Å²) in [6.45, 7) is 2.89. The van der Waals surface area contributed by atoms with Crippen molar-refractivity contribution in [3.05, 3.63) is 47.4 Å². The molecule has 2 aromatic rings. The van der Waals surface area contributed by atoms with Gasteiger partial charge in [-0.2, -0.15) is 0 Å². The van der Waals surface area contributed by atoms with E-state index in [1.165, 1.54) is 26.2 Å². The van der Waals surface area contributed by atoms with Crippen LogP contribution in [-0.4, -0.2) is 13.6 Å². The predicted octanol–water partition coefficient (Wildman–Crippen LogP) is 2.30. The lowest BCUT2D eigenvalue weighted by Crippen LogP contribution is -2.28. The van der Waals surface area contributed by atoms with Crippen molar-refractivity contribution in [1.29, 1.82) is 0 Å². The molecule has 8 heteroatoms. The molecule has 1 aromatic carbocycles. The lowest BCUT2D eigenvalue weighted by atomic mass is 10.2. The first-order valence-corrected chi connectivity index (χ1v) is 7.18. The molecule has 0 aliphatic heterocycles. The number of nitrogens with zero attached hydrogens (tertiary/aromatic N) is 1. The molecule has 0 fully saturated rings. The van der Waals surface area contributed by atoms with Crippen molar-refractivity contribution >= 4 is 10.0 Å². The second kappa shape index (κ2) is 5.29. The van der Waals surface area contributed by atoms with Crippen LogP contribution < -0.4 is 4.72 Å². The van der Waals surface area contributed by atoms with E-state index >= 15 is 0 Å². The monoisotopic (exact) mass is 302 g/mol. The first-order chi connectivity index (χ1) is 9.31. The normalized spacial score (nSPS) is 13.4. The van der Waals surface area contributed by atoms with Crippen LogP contribution in [0.4, 0.5) is 8.78 Å². The van der Waals surface area contributed by atoms with Gasteiger partial charge in [0.05, 0.1) is 6.04 Å². The molecule has 1 N–H and O–H groups in total. The summed E-state index contributed by atoms with van der Waals surface area (Å²) in [7, 11) is -4.13. The minimum Gasteiger partial charge on any atom is -0.364 e. The van der Waals surface area contributed by atoms with Crippen LogP contribution in [0.25, 0.3) is 0 Å². The third-order valence-corrected chi connectivity index (χ3v) is 4.29. The molecule has 0 bridgehead atoms. The van der Waals surface area contributed by atoms with Crippen LogP contribution >= 0.6 is 0 Å². The van der Waals surface area contributed by atoms with E-state index in [2.05, 4.69) is 14.4 Å². The van der Waals surface area contributed by atoms with Gasteiger partial charge in [0, 0.05) is 12.1 Å². The molecular weight excluding hydrogens is 290 g/mol. The number of rotatable bonds is 4. The molecule has 0 saturated carbocycles. The SMILES string of the molecule is Cc1cc(S(=O)(=O)N[C@@H](C)c2ccon2)c(F)cc1F. The van der Waals surface area contributed by atoms with Crippen molar-refractivity contribution in [3.63, 3.8) is 0 Å². The van der Waals surface area contributed by atoms with Gasteiger partial charge in [0.1, 0.15) is 28.5 Å². The zero-order valence-corrected chi connectivity index (χ0v) is 11.5. The lowest BCUT2D eigenvalue weighted by molar-refractivity contribution is 0.404. The second-order valence-electron chi connectivity index (χ2n) is 4.30. The molecule has 0 amide bonds. The number of benzene rings is 1. The van der Waals surface area contributed by atoms with Crippen LogP contribution in [0, 0.1) is 18.6 Å². The third-order valence-electron chi connectivity index (χ3n) is 2.74. The average molecular weight is 302 g/mol. The molecule has 20 heavy (non-hydrogen) atoms. The quantitative estimate of drug-likeness (QED) is 0.940. The van der Waals surface area contributed by atoms with E-state index in [1.54, 1.807) is 0 Å².